The quantitative estimate of drug-likeness (QED) is 0.254. The van der Waals surface area contributed by atoms with Crippen molar-refractivity contribution in [3.63, 3.8) is 0 Å². The van der Waals surface area contributed by atoms with Crippen LogP contribution in [0, 0.1) is 0 Å². The van der Waals surface area contributed by atoms with E-state index in [2.05, 4.69) is 4.90 Å². The molecule has 9 heteroatoms. The average Bonchev–Trinajstić information content (AvgIpc) is 3.28. The molecule has 1 N–H and O–H groups in total. The second kappa shape index (κ2) is 12.0. The highest BCUT2D eigenvalue weighted by Crippen LogP contribution is 2.41. The smallest absolute Gasteiger partial charge is 0.295 e. The van der Waals surface area contributed by atoms with Gasteiger partial charge in [0, 0.05) is 31.7 Å². The molecule has 41 heavy (non-hydrogen) atoms. The third-order valence-corrected chi connectivity index (χ3v) is 7.54. The van der Waals surface area contributed by atoms with E-state index in [-0.39, 0.29) is 11.3 Å². The zero-order valence-electron chi connectivity index (χ0n) is 22.7. The van der Waals surface area contributed by atoms with Crippen LogP contribution >= 0.6 is 0 Å². The molecule has 3 aliphatic heterocycles. The number of nitrogens with zero attached hydrogens (tertiary/aromatic N) is 2. The molecule has 3 aliphatic rings. The number of ether oxygens (including phenoxy) is 4. The van der Waals surface area contributed by atoms with Gasteiger partial charge in [0.15, 0.2) is 11.5 Å². The molecule has 2 fully saturated rings. The van der Waals surface area contributed by atoms with E-state index in [1.54, 1.807) is 23.1 Å². The number of likely N-dealkylation sites (tertiary alicyclic amines) is 1. The molecule has 9 nitrogen and oxygen atoms in total. The van der Waals surface area contributed by atoms with Crippen molar-refractivity contribution < 1.29 is 33.6 Å². The lowest BCUT2D eigenvalue weighted by atomic mass is 9.95. The molecule has 6 rings (SSSR count). The van der Waals surface area contributed by atoms with Crippen molar-refractivity contribution in [2.45, 2.75) is 12.6 Å². The van der Waals surface area contributed by atoms with Crippen LogP contribution in [-0.4, -0.2) is 79.2 Å². The number of morpholine rings is 1. The van der Waals surface area contributed by atoms with E-state index in [9.17, 15) is 14.7 Å². The molecule has 0 bridgehead atoms. The molecule has 0 spiro atoms. The summed E-state index contributed by atoms with van der Waals surface area (Å²) in [5.41, 5.74) is 2.11. The molecule has 3 heterocycles. The monoisotopic (exact) mass is 556 g/mol. The van der Waals surface area contributed by atoms with Crippen LogP contribution < -0.4 is 14.2 Å². The molecule has 0 radical (unpaired) electrons. The number of aliphatic hydroxyl groups is 1. The third kappa shape index (κ3) is 5.77. The zero-order chi connectivity index (χ0) is 28.2. The fourth-order valence-electron chi connectivity index (χ4n) is 5.39. The van der Waals surface area contributed by atoms with Crippen LogP contribution in [0.25, 0.3) is 5.76 Å². The van der Waals surface area contributed by atoms with Crippen molar-refractivity contribution in [2.75, 3.05) is 52.6 Å². The van der Waals surface area contributed by atoms with Crippen molar-refractivity contribution in [1.82, 2.24) is 9.80 Å². The molecule has 3 aromatic rings. The SMILES string of the molecule is O=C1C(=O)N(CCN2CCOCC2)[C@H](c2cccc(OCc3ccccc3)c2)/C1=C(\O)c1ccc2c(c1)OCCO2. The van der Waals surface area contributed by atoms with Gasteiger partial charge in [-0.3, -0.25) is 14.5 Å². The lowest BCUT2D eigenvalue weighted by Crippen LogP contribution is -2.42. The molecule has 3 aromatic carbocycles. The van der Waals surface area contributed by atoms with E-state index in [1.165, 1.54) is 0 Å². The summed E-state index contributed by atoms with van der Waals surface area (Å²) in [7, 11) is 0. The second-order valence-electron chi connectivity index (χ2n) is 10.2. The Balaban J connectivity index is 1.35. The van der Waals surface area contributed by atoms with Crippen LogP contribution in [0.3, 0.4) is 0 Å². The van der Waals surface area contributed by atoms with Gasteiger partial charge in [0.2, 0.25) is 0 Å². The number of rotatable bonds is 8. The number of hydrogen-bond acceptors (Lipinski definition) is 8. The molecular weight excluding hydrogens is 524 g/mol. The summed E-state index contributed by atoms with van der Waals surface area (Å²) in [6, 6.07) is 21.4. The van der Waals surface area contributed by atoms with E-state index in [4.69, 9.17) is 18.9 Å². The molecule has 2 saturated heterocycles. The van der Waals surface area contributed by atoms with Gasteiger partial charge in [0.25, 0.3) is 11.7 Å². The first-order valence-corrected chi connectivity index (χ1v) is 13.8. The third-order valence-electron chi connectivity index (χ3n) is 7.54. The van der Waals surface area contributed by atoms with Crippen molar-refractivity contribution >= 4 is 17.4 Å². The largest absolute Gasteiger partial charge is 0.507 e. The highest BCUT2D eigenvalue weighted by molar-refractivity contribution is 6.46. The first-order chi connectivity index (χ1) is 20.1. The maximum atomic E-state index is 13.5. The molecule has 0 saturated carbocycles. The molecule has 0 aliphatic carbocycles. The van der Waals surface area contributed by atoms with Crippen LogP contribution in [0.5, 0.6) is 17.2 Å². The number of carbonyl (C=O) groups is 2. The summed E-state index contributed by atoms with van der Waals surface area (Å²) in [6.07, 6.45) is 0. The number of amides is 1. The molecule has 0 aromatic heterocycles. The number of hydrogen-bond donors (Lipinski definition) is 1. The van der Waals surface area contributed by atoms with E-state index in [0.717, 1.165) is 18.7 Å². The first-order valence-electron chi connectivity index (χ1n) is 13.8. The van der Waals surface area contributed by atoms with E-state index in [0.29, 0.717) is 74.5 Å². The Labute approximate surface area is 238 Å². The van der Waals surface area contributed by atoms with Crippen LogP contribution in [0.15, 0.2) is 78.4 Å². The number of carbonyl (C=O) groups excluding carboxylic acids is 2. The molecule has 1 amide bonds. The Morgan fingerprint density at radius 3 is 2.44 bits per heavy atom. The summed E-state index contributed by atoms with van der Waals surface area (Å²) >= 11 is 0. The summed E-state index contributed by atoms with van der Waals surface area (Å²) in [5.74, 6) is 0.0328. The molecule has 212 valence electrons. The Morgan fingerprint density at radius 2 is 1.63 bits per heavy atom. The van der Waals surface area contributed by atoms with Gasteiger partial charge in [-0.2, -0.15) is 0 Å². The molecule has 0 unspecified atom stereocenters. The van der Waals surface area contributed by atoms with Gasteiger partial charge >= 0.3 is 0 Å². The highest BCUT2D eigenvalue weighted by atomic mass is 16.6. The molecular formula is C32H32N2O7. The Morgan fingerprint density at radius 1 is 0.854 bits per heavy atom. The summed E-state index contributed by atoms with van der Waals surface area (Å²) in [6.45, 7) is 4.89. The van der Waals surface area contributed by atoms with Crippen molar-refractivity contribution in [1.29, 1.82) is 0 Å². The van der Waals surface area contributed by atoms with Crippen LogP contribution in [-0.2, 0) is 20.9 Å². The van der Waals surface area contributed by atoms with Gasteiger partial charge in [-0.05, 0) is 41.5 Å². The van der Waals surface area contributed by atoms with Crippen LogP contribution in [0.4, 0.5) is 0 Å². The van der Waals surface area contributed by atoms with Crippen LogP contribution in [0.1, 0.15) is 22.7 Å². The predicted molar refractivity (Wildman–Crippen MR) is 151 cm³/mol. The Hall–Kier alpha value is -4.34. The standard InChI is InChI=1S/C32H32N2O7/c35-30(24-9-10-26-27(20-24)40-18-17-39-26)28-29(34(32(37)31(28)36)12-11-33-13-15-38-16-14-33)23-7-4-8-25(19-23)41-21-22-5-2-1-3-6-22/h1-10,19-20,29,35H,11-18,21H2/b30-28+/t29-/m1/s1. The lowest BCUT2D eigenvalue weighted by molar-refractivity contribution is -0.140. The maximum Gasteiger partial charge on any atom is 0.295 e. The summed E-state index contributed by atoms with van der Waals surface area (Å²) < 4.78 is 22.8. The number of Topliss-reactive ketones (excluding diaryl/α,β-unsaturated/α-hetero) is 1. The average molecular weight is 557 g/mol. The number of fused-ring (bicyclic) bond motifs is 1. The fourth-order valence-corrected chi connectivity index (χ4v) is 5.39. The Bertz CT molecular complexity index is 1450. The topological polar surface area (TPSA) is 97.8 Å². The van der Waals surface area contributed by atoms with Crippen molar-refractivity contribution in [2.24, 2.45) is 0 Å². The van der Waals surface area contributed by atoms with E-state index in [1.807, 2.05) is 54.6 Å². The highest BCUT2D eigenvalue weighted by Gasteiger charge is 2.46. The van der Waals surface area contributed by atoms with Crippen molar-refractivity contribution in [3.05, 3.63) is 95.1 Å². The van der Waals surface area contributed by atoms with Gasteiger partial charge in [-0.25, -0.2) is 0 Å². The first kappa shape index (κ1) is 26.9. The number of benzene rings is 3. The van der Waals surface area contributed by atoms with E-state index >= 15 is 0 Å². The second-order valence-corrected chi connectivity index (χ2v) is 10.2. The number of ketones is 1. The maximum absolute atomic E-state index is 13.5. The fraction of sp³-hybridized carbons (Fsp3) is 0.312. The summed E-state index contributed by atoms with van der Waals surface area (Å²) in [5, 5.41) is 11.5. The summed E-state index contributed by atoms with van der Waals surface area (Å²) in [4.78, 5) is 30.7. The minimum Gasteiger partial charge on any atom is -0.507 e. The Kier molecular flexibility index (Phi) is 7.89. The van der Waals surface area contributed by atoms with Gasteiger partial charge in [-0.15, -0.1) is 0 Å². The van der Waals surface area contributed by atoms with E-state index < -0.39 is 17.7 Å². The van der Waals surface area contributed by atoms with Gasteiger partial charge in [-0.1, -0.05) is 42.5 Å². The van der Waals surface area contributed by atoms with Gasteiger partial charge in [0.1, 0.15) is 31.3 Å². The van der Waals surface area contributed by atoms with Crippen LogP contribution in [0.2, 0.25) is 0 Å². The lowest BCUT2D eigenvalue weighted by Gasteiger charge is -2.31. The normalized spacial score (nSPS) is 20.3. The number of aliphatic hydroxyl groups excluding tert-OH is 1. The van der Waals surface area contributed by atoms with Gasteiger partial charge in [0.05, 0.1) is 24.8 Å². The van der Waals surface area contributed by atoms with Crippen molar-refractivity contribution in [3.8, 4) is 17.2 Å². The van der Waals surface area contributed by atoms with Gasteiger partial charge < -0.3 is 29.0 Å². The predicted octanol–water partition coefficient (Wildman–Crippen LogP) is 3.79. The zero-order valence-corrected chi connectivity index (χ0v) is 22.7. The molecule has 1 atom stereocenters. The minimum atomic E-state index is -0.787. The minimum absolute atomic E-state index is 0.0360.